The molecule has 120 valence electrons. The van der Waals surface area contributed by atoms with Crippen LogP contribution >= 0.6 is 0 Å². The molecule has 0 aliphatic carbocycles. The first-order valence-electron chi connectivity index (χ1n) is 7.55. The summed E-state index contributed by atoms with van der Waals surface area (Å²) >= 11 is 0. The Morgan fingerprint density at radius 1 is 1.18 bits per heavy atom. The van der Waals surface area contributed by atoms with Crippen molar-refractivity contribution in [2.75, 3.05) is 6.54 Å². The summed E-state index contributed by atoms with van der Waals surface area (Å²) in [5, 5.41) is 14.0. The number of rotatable bonds is 7. The van der Waals surface area contributed by atoms with Crippen molar-refractivity contribution in [3.05, 3.63) is 35.9 Å². The van der Waals surface area contributed by atoms with Gasteiger partial charge in [-0.1, -0.05) is 0 Å². The number of aromatic nitrogens is 4. The number of hydrogen-bond acceptors (Lipinski definition) is 3. The number of carbonyl (C=O) groups excluding carboxylic acids is 1. The average Bonchev–Trinajstić information content (AvgIpc) is 3.07. The summed E-state index contributed by atoms with van der Waals surface area (Å²) in [6, 6.07) is -0.193. The second-order valence-electron chi connectivity index (χ2n) is 5.55. The van der Waals surface area contributed by atoms with E-state index in [0.717, 1.165) is 24.8 Å². The van der Waals surface area contributed by atoms with Gasteiger partial charge in [0.15, 0.2) is 0 Å². The van der Waals surface area contributed by atoms with Crippen LogP contribution in [0.25, 0.3) is 0 Å². The Morgan fingerprint density at radius 3 is 2.55 bits per heavy atom. The van der Waals surface area contributed by atoms with E-state index < -0.39 is 0 Å². The molecule has 2 aromatic rings. The van der Waals surface area contributed by atoms with E-state index in [4.69, 9.17) is 0 Å². The minimum atomic E-state index is -0.141. The highest BCUT2D eigenvalue weighted by molar-refractivity contribution is 5.74. The lowest BCUT2D eigenvalue weighted by molar-refractivity contribution is 0.237. The predicted octanol–water partition coefficient (Wildman–Crippen LogP) is 1.54. The molecule has 0 bridgehead atoms. The van der Waals surface area contributed by atoms with Crippen molar-refractivity contribution >= 4 is 6.03 Å². The highest BCUT2D eigenvalue weighted by atomic mass is 16.2. The summed E-state index contributed by atoms with van der Waals surface area (Å²) in [5.41, 5.74) is 2.23. The van der Waals surface area contributed by atoms with Crippen LogP contribution in [-0.4, -0.2) is 32.1 Å². The molecule has 0 spiro atoms. The lowest BCUT2D eigenvalue weighted by Crippen LogP contribution is -2.37. The average molecular weight is 304 g/mol. The number of hydrogen-bond donors (Lipinski definition) is 2. The number of amides is 2. The Bertz CT molecular complexity index is 603. The van der Waals surface area contributed by atoms with Crippen LogP contribution in [0.15, 0.2) is 24.8 Å². The van der Waals surface area contributed by atoms with E-state index in [9.17, 15) is 4.79 Å². The van der Waals surface area contributed by atoms with Gasteiger partial charge in [-0.25, -0.2) is 4.79 Å². The largest absolute Gasteiger partial charge is 0.338 e. The van der Waals surface area contributed by atoms with Gasteiger partial charge in [-0.15, -0.1) is 0 Å². The Morgan fingerprint density at radius 2 is 1.91 bits per heavy atom. The topological polar surface area (TPSA) is 76.8 Å². The zero-order valence-electron chi connectivity index (χ0n) is 13.4. The molecule has 1 atom stereocenters. The lowest BCUT2D eigenvalue weighted by Gasteiger charge is -2.13. The van der Waals surface area contributed by atoms with Gasteiger partial charge in [0, 0.05) is 38.6 Å². The van der Waals surface area contributed by atoms with E-state index >= 15 is 0 Å². The summed E-state index contributed by atoms with van der Waals surface area (Å²) < 4.78 is 3.53. The normalized spacial score (nSPS) is 12.1. The van der Waals surface area contributed by atoms with Crippen LogP contribution in [-0.2, 0) is 20.5 Å². The molecule has 0 aromatic carbocycles. The zero-order valence-corrected chi connectivity index (χ0v) is 13.4. The smallest absolute Gasteiger partial charge is 0.315 e. The van der Waals surface area contributed by atoms with Crippen LogP contribution < -0.4 is 10.6 Å². The Kier molecular flexibility index (Phi) is 5.57. The molecule has 2 heterocycles. The summed E-state index contributed by atoms with van der Waals surface area (Å²) in [6.45, 7) is 2.62. The molecule has 0 saturated heterocycles. The highest BCUT2D eigenvalue weighted by Gasteiger charge is 2.10. The monoisotopic (exact) mass is 304 g/mol. The molecule has 0 aliphatic heterocycles. The molecule has 2 aromatic heterocycles. The number of unbranched alkanes of at least 4 members (excludes halogenated alkanes) is 1. The van der Waals surface area contributed by atoms with E-state index in [1.807, 2.05) is 39.6 Å². The summed E-state index contributed by atoms with van der Waals surface area (Å²) in [7, 11) is 3.78. The quantitative estimate of drug-likeness (QED) is 0.762. The fourth-order valence-electron chi connectivity index (χ4n) is 2.25. The third-order valence-electron chi connectivity index (χ3n) is 3.51. The van der Waals surface area contributed by atoms with Crippen LogP contribution in [0.5, 0.6) is 0 Å². The molecule has 2 N–H and O–H groups in total. The Labute approximate surface area is 130 Å². The van der Waals surface area contributed by atoms with Crippen LogP contribution in [0, 0.1) is 0 Å². The van der Waals surface area contributed by atoms with Gasteiger partial charge in [0.05, 0.1) is 18.4 Å². The minimum absolute atomic E-state index is 0.0518. The number of nitrogens with one attached hydrogen (secondary N) is 2. The molecule has 7 nitrogen and oxygen atoms in total. The van der Waals surface area contributed by atoms with Crippen LogP contribution in [0.2, 0.25) is 0 Å². The van der Waals surface area contributed by atoms with Gasteiger partial charge >= 0.3 is 6.03 Å². The number of carbonyl (C=O) groups is 1. The first-order valence-corrected chi connectivity index (χ1v) is 7.55. The maximum Gasteiger partial charge on any atom is 0.315 e. The fraction of sp³-hybridized carbons (Fsp3) is 0.533. The molecule has 2 rings (SSSR count). The van der Waals surface area contributed by atoms with Crippen LogP contribution in [0.4, 0.5) is 4.79 Å². The number of nitrogens with zero attached hydrogens (tertiary/aromatic N) is 4. The number of aryl methyl sites for hydroxylation is 3. The third kappa shape index (κ3) is 4.91. The van der Waals surface area contributed by atoms with E-state index in [0.29, 0.717) is 6.54 Å². The summed E-state index contributed by atoms with van der Waals surface area (Å²) in [6.07, 6.45) is 10.5. The Hall–Kier alpha value is -2.31. The maximum atomic E-state index is 11.8. The molecule has 2 amide bonds. The van der Waals surface area contributed by atoms with Crippen molar-refractivity contribution in [2.24, 2.45) is 14.1 Å². The van der Waals surface area contributed by atoms with E-state index in [1.54, 1.807) is 15.6 Å². The lowest BCUT2D eigenvalue weighted by atomic mass is 10.1. The first kappa shape index (κ1) is 16.1. The minimum Gasteiger partial charge on any atom is -0.338 e. The second-order valence-corrected chi connectivity index (χ2v) is 5.55. The molecule has 0 aliphatic rings. The van der Waals surface area contributed by atoms with Gasteiger partial charge in [0.2, 0.25) is 0 Å². The highest BCUT2D eigenvalue weighted by Crippen LogP contribution is 2.09. The molecule has 0 fully saturated rings. The first-order chi connectivity index (χ1) is 10.5. The van der Waals surface area contributed by atoms with E-state index in [1.165, 1.54) is 5.56 Å². The SMILES string of the molecule is C[C@H](NC(=O)NCCCCc1cnn(C)c1)c1cnn(C)c1. The van der Waals surface area contributed by atoms with Gasteiger partial charge in [0.1, 0.15) is 0 Å². The van der Waals surface area contributed by atoms with Crippen molar-refractivity contribution < 1.29 is 4.79 Å². The summed E-state index contributed by atoms with van der Waals surface area (Å²) in [5.74, 6) is 0. The molecule has 0 radical (unpaired) electrons. The van der Waals surface area contributed by atoms with Crippen LogP contribution in [0.3, 0.4) is 0 Å². The standard InChI is InChI=1S/C15H24N6O/c1-12(14-9-18-21(3)11-14)19-15(22)16-7-5-4-6-13-8-17-20(2)10-13/h8-12H,4-7H2,1-3H3,(H2,16,19,22)/t12-/m0/s1. The molecule has 7 heteroatoms. The summed E-state index contributed by atoms with van der Waals surface area (Å²) in [4.78, 5) is 11.8. The molecule has 0 unspecified atom stereocenters. The number of urea groups is 1. The molecular formula is C15H24N6O. The van der Waals surface area contributed by atoms with Crippen molar-refractivity contribution in [3.63, 3.8) is 0 Å². The van der Waals surface area contributed by atoms with Gasteiger partial charge in [-0.3, -0.25) is 9.36 Å². The molecule has 0 saturated carbocycles. The maximum absolute atomic E-state index is 11.8. The van der Waals surface area contributed by atoms with Crippen molar-refractivity contribution in [2.45, 2.75) is 32.2 Å². The molecular weight excluding hydrogens is 280 g/mol. The van der Waals surface area contributed by atoms with Crippen molar-refractivity contribution in [1.82, 2.24) is 30.2 Å². The van der Waals surface area contributed by atoms with Crippen molar-refractivity contribution in [1.29, 1.82) is 0 Å². The second kappa shape index (κ2) is 7.63. The van der Waals surface area contributed by atoms with Gasteiger partial charge in [-0.05, 0) is 31.7 Å². The van der Waals surface area contributed by atoms with Crippen molar-refractivity contribution in [3.8, 4) is 0 Å². The zero-order chi connectivity index (χ0) is 15.9. The van der Waals surface area contributed by atoms with Gasteiger partial charge in [0.25, 0.3) is 0 Å². The van der Waals surface area contributed by atoms with Gasteiger partial charge in [-0.2, -0.15) is 10.2 Å². The van der Waals surface area contributed by atoms with Gasteiger partial charge < -0.3 is 10.6 Å². The predicted molar refractivity (Wildman–Crippen MR) is 84.3 cm³/mol. The van der Waals surface area contributed by atoms with E-state index in [-0.39, 0.29) is 12.1 Å². The fourth-order valence-corrected chi connectivity index (χ4v) is 2.25. The third-order valence-corrected chi connectivity index (χ3v) is 3.51. The Balaban J connectivity index is 1.59. The van der Waals surface area contributed by atoms with E-state index in [2.05, 4.69) is 20.8 Å². The molecule has 22 heavy (non-hydrogen) atoms. The van der Waals surface area contributed by atoms with Crippen LogP contribution in [0.1, 0.15) is 36.9 Å².